The van der Waals surface area contributed by atoms with E-state index in [1.165, 1.54) is 12.5 Å². The van der Waals surface area contributed by atoms with Crippen LogP contribution in [-0.4, -0.2) is 143 Å². The molecule has 7 atom stereocenters. The number of rotatable bonds is 34. The second kappa shape index (κ2) is 32.0. The van der Waals surface area contributed by atoms with Crippen LogP contribution in [0, 0.1) is 11.8 Å². The number of nitrogens with one attached hydrogen (secondary N) is 7. The molecule has 0 aliphatic rings. The van der Waals surface area contributed by atoms with Crippen LogP contribution < -0.4 is 77.8 Å². The quantitative estimate of drug-likeness (QED) is 0.0175. The van der Waals surface area contributed by atoms with Crippen molar-refractivity contribution in [3.05, 3.63) is 18.2 Å². The minimum Gasteiger partial charge on any atom is -0.480 e. The van der Waals surface area contributed by atoms with Gasteiger partial charge in [0.2, 0.25) is 35.4 Å². The fourth-order valence-electron chi connectivity index (χ4n) is 6.62. The number of hydrogen-bond donors (Lipinski definition) is 16. The standard InChI is InChI=1S/C41H77N19O8/c1-22(2)18-29(59-37(66)31(23(3)4)60-36(65)30(19-24-20-50-21-54-24)58-32(61)25(43)10-7-15-51-39(44)45)35(64)56-26(11-5-6-14-42)33(62)55-27(12-8-16-52-40(46)47)34(63)57-28(38(67)68)13-9-17-53-41(48)49/h20-23,25-31H,5-19,42-43H2,1-4H3,(H,50,54)(H,55,62)(H,56,64)(H,57,63)(H,58,61)(H,59,66)(H,60,65)(H,67,68)(H4,44,45,51)(H4,46,47,52)(H4,48,49,53)/t25-,26-,27-,28-,29-,30-,31-/m0/s1. The minimum absolute atomic E-state index is 0.0214. The number of aliphatic carboxylic acids is 1. The van der Waals surface area contributed by atoms with Gasteiger partial charge in [0.15, 0.2) is 17.9 Å². The zero-order chi connectivity index (χ0) is 51.3. The molecule has 68 heavy (non-hydrogen) atoms. The van der Waals surface area contributed by atoms with Crippen molar-refractivity contribution in [1.82, 2.24) is 41.9 Å². The minimum atomic E-state index is -1.35. The van der Waals surface area contributed by atoms with E-state index >= 15 is 0 Å². The topological polar surface area (TPSA) is 486 Å². The third-order valence-electron chi connectivity index (χ3n) is 10.2. The van der Waals surface area contributed by atoms with Gasteiger partial charge in [-0.15, -0.1) is 0 Å². The molecule has 0 aromatic carbocycles. The maximum Gasteiger partial charge on any atom is 0.326 e. The highest BCUT2D eigenvalue weighted by Gasteiger charge is 2.35. The Labute approximate surface area is 396 Å². The highest BCUT2D eigenvalue weighted by atomic mass is 16.4. The first-order valence-corrected chi connectivity index (χ1v) is 22.7. The molecular weight excluding hydrogens is 887 g/mol. The largest absolute Gasteiger partial charge is 0.480 e. The van der Waals surface area contributed by atoms with Crippen molar-refractivity contribution in [3.8, 4) is 0 Å². The molecular formula is C41H77N19O8. The molecule has 0 radical (unpaired) electrons. The van der Waals surface area contributed by atoms with Gasteiger partial charge in [-0.25, -0.2) is 9.78 Å². The Bertz CT molecular complexity index is 1830. The number of carboxylic acid groups (broad SMARTS) is 1. The van der Waals surface area contributed by atoms with Crippen LogP contribution in [0.1, 0.15) is 97.6 Å². The van der Waals surface area contributed by atoms with Crippen molar-refractivity contribution in [2.24, 2.45) is 72.7 Å². The highest BCUT2D eigenvalue weighted by Crippen LogP contribution is 2.12. The number of aromatic amines is 1. The van der Waals surface area contributed by atoms with Gasteiger partial charge in [0.1, 0.15) is 36.3 Å². The smallest absolute Gasteiger partial charge is 0.326 e. The maximum absolute atomic E-state index is 14.1. The summed E-state index contributed by atoms with van der Waals surface area (Å²) >= 11 is 0. The zero-order valence-corrected chi connectivity index (χ0v) is 39.7. The molecule has 1 aromatic rings. The number of imidazole rings is 1. The summed E-state index contributed by atoms with van der Waals surface area (Å²) in [5.41, 5.74) is 44.7. The number of nitrogens with two attached hydrogens (primary N) is 8. The van der Waals surface area contributed by atoms with Crippen LogP contribution in [0.5, 0.6) is 0 Å². The molecule has 1 rings (SSSR count). The van der Waals surface area contributed by atoms with Crippen LogP contribution in [-0.2, 0) is 40.0 Å². The molecule has 0 saturated carbocycles. The summed E-state index contributed by atoms with van der Waals surface area (Å²) in [5, 5.41) is 25.8. The van der Waals surface area contributed by atoms with Gasteiger partial charge in [0.25, 0.3) is 0 Å². The predicted octanol–water partition coefficient (Wildman–Crippen LogP) is -4.74. The van der Waals surface area contributed by atoms with Crippen LogP contribution in [0.3, 0.4) is 0 Å². The van der Waals surface area contributed by atoms with E-state index in [0.29, 0.717) is 25.0 Å². The van der Waals surface area contributed by atoms with Crippen molar-refractivity contribution in [3.63, 3.8) is 0 Å². The summed E-state index contributed by atoms with van der Waals surface area (Å²) in [6.07, 6.45) is 4.88. The maximum atomic E-state index is 14.1. The Morgan fingerprint density at radius 2 is 1.03 bits per heavy atom. The third-order valence-corrected chi connectivity index (χ3v) is 10.2. The van der Waals surface area contributed by atoms with E-state index < -0.39 is 89.6 Å². The van der Waals surface area contributed by atoms with Crippen molar-refractivity contribution < 1.29 is 38.7 Å². The predicted molar refractivity (Wildman–Crippen MR) is 256 cm³/mol. The van der Waals surface area contributed by atoms with E-state index in [4.69, 9.17) is 45.9 Å². The Morgan fingerprint density at radius 3 is 1.49 bits per heavy atom. The van der Waals surface area contributed by atoms with Crippen molar-refractivity contribution in [2.45, 2.75) is 141 Å². The van der Waals surface area contributed by atoms with E-state index in [-0.39, 0.29) is 101 Å². The number of amides is 6. The first-order chi connectivity index (χ1) is 32.0. The third kappa shape index (κ3) is 24.7. The molecule has 0 aliphatic carbocycles. The number of aromatic nitrogens is 2. The van der Waals surface area contributed by atoms with Gasteiger partial charge in [-0.2, -0.15) is 0 Å². The summed E-state index contributed by atoms with van der Waals surface area (Å²) in [5.74, 6) is -6.84. The number of guanidine groups is 3. The molecule has 0 bridgehead atoms. The highest BCUT2D eigenvalue weighted by molar-refractivity contribution is 5.97. The fourth-order valence-corrected chi connectivity index (χ4v) is 6.62. The molecule has 0 aliphatic heterocycles. The average Bonchev–Trinajstić information content (AvgIpc) is 3.77. The summed E-state index contributed by atoms with van der Waals surface area (Å²) in [6, 6.07) is -8.52. The Kier molecular flexibility index (Phi) is 27.9. The van der Waals surface area contributed by atoms with Gasteiger partial charge in [-0.3, -0.25) is 43.7 Å². The molecule has 1 heterocycles. The van der Waals surface area contributed by atoms with E-state index in [1.807, 2.05) is 13.8 Å². The van der Waals surface area contributed by atoms with E-state index in [2.05, 4.69) is 56.8 Å². The normalized spacial score (nSPS) is 14.1. The number of carboxylic acids is 1. The summed E-state index contributed by atoms with van der Waals surface area (Å²) < 4.78 is 0. The fraction of sp³-hybridized carbons (Fsp3) is 0.683. The Morgan fingerprint density at radius 1 is 0.588 bits per heavy atom. The second-order valence-electron chi connectivity index (χ2n) is 17.0. The molecule has 0 fully saturated rings. The average molecular weight is 964 g/mol. The van der Waals surface area contributed by atoms with E-state index in [1.54, 1.807) is 13.8 Å². The van der Waals surface area contributed by atoms with Crippen LogP contribution in [0.25, 0.3) is 0 Å². The molecule has 24 N–H and O–H groups in total. The first kappa shape index (κ1) is 59.2. The number of H-pyrrole nitrogens is 1. The SMILES string of the molecule is CC(C)C[C@H](NC(=O)[C@@H](NC(=O)[C@H](Cc1cnc[nH]1)NC(=O)[C@@H](N)CCCN=C(N)N)C(C)C)C(=O)N[C@@H](CCCCN)C(=O)N[C@@H](CCCN=C(N)N)C(=O)N[C@@H](CCCN=C(N)N)C(=O)O. The van der Waals surface area contributed by atoms with E-state index in [0.717, 1.165) is 0 Å². The van der Waals surface area contributed by atoms with Gasteiger partial charge in [-0.1, -0.05) is 27.7 Å². The van der Waals surface area contributed by atoms with Crippen LogP contribution in [0.15, 0.2) is 27.5 Å². The number of carbonyl (C=O) groups excluding carboxylic acids is 6. The van der Waals surface area contributed by atoms with Crippen LogP contribution >= 0.6 is 0 Å². The van der Waals surface area contributed by atoms with Crippen molar-refractivity contribution >= 4 is 59.3 Å². The summed E-state index contributed by atoms with van der Waals surface area (Å²) in [6.45, 7) is 7.75. The summed E-state index contributed by atoms with van der Waals surface area (Å²) in [7, 11) is 0. The molecule has 1 aromatic heterocycles. The van der Waals surface area contributed by atoms with Crippen LogP contribution in [0.4, 0.5) is 0 Å². The molecule has 0 saturated heterocycles. The number of carbonyl (C=O) groups is 7. The van der Waals surface area contributed by atoms with Crippen molar-refractivity contribution in [2.75, 3.05) is 26.2 Å². The van der Waals surface area contributed by atoms with Crippen LogP contribution in [0.2, 0.25) is 0 Å². The first-order valence-electron chi connectivity index (χ1n) is 22.7. The number of nitrogens with zero attached hydrogens (tertiary/aromatic N) is 4. The number of aliphatic imine (C=N–C) groups is 3. The molecule has 384 valence electrons. The molecule has 0 spiro atoms. The zero-order valence-electron chi connectivity index (χ0n) is 39.7. The lowest BCUT2D eigenvalue weighted by atomic mass is 9.98. The van der Waals surface area contributed by atoms with Crippen molar-refractivity contribution in [1.29, 1.82) is 0 Å². The monoisotopic (exact) mass is 964 g/mol. The molecule has 6 amide bonds. The van der Waals surface area contributed by atoms with Gasteiger partial charge in [0.05, 0.1) is 12.4 Å². The summed E-state index contributed by atoms with van der Waals surface area (Å²) in [4.78, 5) is 114. The number of unbranched alkanes of at least 4 members (excludes halogenated alkanes) is 1. The lowest BCUT2D eigenvalue weighted by Gasteiger charge is -2.29. The molecule has 27 nitrogen and oxygen atoms in total. The number of hydrogen-bond acceptors (Lipinski definition) is 13. The Hall–Kier alpha value is -6.77. The van der Waals surface area contributed by atoms with Gasteiger partial charge in [0, 0.05) is 37.9 Å². The lowest BCUT2D eigenvalue weighted by Crippen LogP contribution is -2.61. The lowest BCUT2D eigenvalue weighted by molar-refractivity contribution is -0.142. The van der Waals surface area contributed by atoms with Gasteiger partial charge >= 0.3 is 5.97 Å². The van der Waals surface area contributed by atoms with Gasteiger partial charge in [-0.05, 0) is 82.6 Å². The molecule has 0 unspecified atom stereocenters. The van der Waals surface area contributed by atoms with Gasteiger partial charge < -0.3 is 87.9 Å². The Balaban J connectivity index is 3.37. The molecule has 27 heteroatoms. The second-order valence-corrected chi connectivity index (χ2v) is 17.0. The van der Waals surface area contributed by atoms with E-state index in [9.17, 15) is 38.7 Å².